The number of aromatic amines is 1. The van der Waals surface area contributed by atoms with Gasteiger partial charge in [0.15, 0.2) is 5.78 Å². The molecule has 30 heavy (non-hydrogen) atoms. The molecule has 0 aromatic carbocycles. The van der Waals surface area contributed by atoms with E-state index < -0.39 is 5.97 Å². The molecule has 1 N–H and O–H groups in total. The number of morpholine rings is 1. The van der Waals surface area contributed by atoms with Gasteiger partial charge in [-0.15, -0.1) is 0 Å². The Morgan fingerprint density at radius 2 is 1.60 bits per heavy atom. The van der Waals surface area contributed by atoms with Crippen molar-refractivity contribution in [2.45, 2.75) is 20.8 Å². The quantitative estimate of drug-likeness (QED) is 0.506. The number of aromatic nitrogens is 1. The van der Waals surface area contributed by atoms with E-state index in [1.54, 1.807) is 20.8 Å². The Balaban J connectivity index is 1.52. The molecular formula is C21H32N4O5. The predicted octanol–water partition coefficient (Wildman–Crippen LogP) is 0.467. The van der Waals surface area contributed by atoms with E-state index in [9.17, 15) is 14.4 Å². The van der Waals surface area contributed by atoms with Crippen LogP contribution in [0.4, 0.5) is 0 Å². The first-order chi connectivity index (χ1) is 14.4. The molecule has 166 valence electrons. The number of H-pyrrole nitrogens is 1. The van der Waals surface area contributed by atoms with Gasteiger partial charge in [0.2, 0.25) is 5.91 Å². The Labute approximate surface area is 177 Å². The molecule has 2 fully saturated rings. The van der Waals surface area contributed by atoms with Crippen LogP contribution in [0, 0.1) is 13.8 Å². The number of piperazine rings is 1. The molecule has 1 amide bonds. The van der Waals surface area contributed by atoms with Crippen molar-refractivity contribution in [1.29, 1.82) is 0 Å². The maximum atomic E-state index is 12.9. The van der Waals surface area contributed by atoms with Crippen LogP contribution in [0.15, 0.2) is 0 Å². The molecule has 2 aliphatic heterocycles. The minimum Gasteiger partial charge on any atom is -0.461 e. The number of carbonyl (C=O) groups is 3. The van der Waals surface area contributed by atoms with Crippen molar-refractivity contribution in [2.75, 3.05) is 72.2 Å². The average Bonchev–Trinajstić information content (AvgIpc) is 3.03. The number of ketones is 1. The molecule has 3 heterocycles. The molecule has 2 aliphatic rings. The fourth-order valence-corrected chi connectivity index (χ4v) is 4.06. The summed E-state index contributed by atoms with van der Waals surface area (Å²) in [6.07, 6.45) is 0. The van der Waals surface area contributed by atoms with Gasteiger partial charge in [0, 0.05) is 50.5 Å². The number of aryl methyl sites for hydroxylation is 1. The standard InChI is InChI=1S/C21H32N4O5/c1-4-30-21(28)20-15(2)19(16(3)22-20)17(26)13-23-5-7-25(8-6-23)18(27)14-24-9-11-29-12-10-24/h22H,4-14H2,1-3H3. The second kappa shape index (κ2) is 10.2. The zero-order valence-electron chi connectivity index (χ0n) is 18.2. The number of rotatable bonds is 7. The van der Waals surface area contributed by atoms with Gasteiger partial charge in [0.25, 0.3) is 0 Å². The molecule has 9 heteroatoms. The fraction of sp³-hybridized carbons (Fsp3) is 0.667. The number of hydrogen-bond acceptors (Lipinski definition) is 7. The molecule has 0 radical (unpaired) electrons. The van der Waals surface area contributed by atoms with Crippen molar-refractivity contribution < 1.29 is 23.9 Å². The van der Waals surface area contributed by atoms with Crippen LogP contribution in [0.25, 0.3) is 0 Å². The minimum absolute atomic E-state index is 0.0232. The Morgan fingerprint density at radius 1 is 0.967 bits per heavy atom. The van der Waals surface area contributed by atoms with E-state index in [2.05, 4.69) is 14.8 Å². The minimum atomic E-state index is -0.440. The van der Waals surface area contributed by atoms with Crippen LogP contribution in [0.1, 0.15) is 39.0 Å². The predicted molar refractivity (Wildman–Crippen MR) is 111 cm³/mol. The molecule has 3 rings (SSSR count). The number of nitrogens with zero attached hydrogens (tertiary/aromatic N) is 3. The first-order valence-electron chi connectivity index (χ1n) is 10.6. The van der Waals surface area contributed by atoms with Crippen molar-refractivity contribution in [2.24, 2.45) is 0 Å². The van der Waals surface area contributed by atoms with Crippen molar-refractivity contribution in [1.82, 2.24) is 19.7 Å². The fourth-order valence-electron chi connectivity index (χ4n) is 4.06. The second-order valence-electron chi connectivity index (χ2n) is 7.81. The van der Waals surface area contributed by atoms with Crippen LogP contribution in [-0.4, -0.2) is 110 Å². The third-order valence-corrected chi connectivity index (χ3v) is 5.75. The van der Waals surface area contributed by atoms with Gasteiger partial charge in [-0.3, -0.25) is 19.4 Å². The highest BCUT2D eigenvalue weighted by Crippen LogP contribution is 2.20. The van der Waals surface area contributed by atoms with Crippen LogP contribution < -0.4 is 0 Å². The van der Waals surface area contributed by atoms with Gasteiger partial charge in [-0.1, -0.05) is 0 Å². The summed E-state index contributed by atoms with van der Waals surface area (Å²) in [5, 5.41) is 0. The zero-order chi connectivity index (χ0) is 21.7. The lowest BCUT2D eigenvalue weighted by Crippen LogP contribution is -2.53. The summed E-state index contributed by atoms with van der Waals surface area (Å²) in [6.45, 7) is 11.8. The molecule has 9 nitrogen and oxygen atoms in total. The monoisotopic (exact) mass is 420 g/mol. The molecule has 0 unspecified atom stereocenters. The van der Waals surface area contributed by atoms with Gasteiger partial charge in [0.05, 0.1) is 32.9 Å². The van der Waals surface area contributed by atoms with Gasteiger partial charge in [-0.05, 0) is 26.3 Å². The van der Waals surface area contributed by atoms with Gasteiger partial charge < -0.3 is 19.4 Å². The van der Waals surface area contributed by atoms with E-state index in [4.69, 9.17) is 9.47 Å². The highest BCUT2D eigenvalue weighted by atomic mass is 16.5. The SMILES string of the molecule is CCOC(=O)c1[nH]c(C)c(C(=O)CN2CCN(C(=O)CN3CCOCC3)CC2)c1C. The maximum absolute atomic E-state index is 12.9. The number of hydrogen-bond donors (Lipinski definition) is 1. The average molecular weight is 421 g/mol. The molecule has 0 atom stereocenters. The lowest BCUT2D eigenvalue weighted by molar-refractivity contribution is -0.135. The van der Waals surface area contributed by atoms with Crippen LogP contribution >= 0.6 is 0 Å². The van der Waals surface area contributed by atoms with Crippen LogP contribution in [0.3, 0.4) is 0 Å². The summed E-state index contributed by atoms with van der Waals surface area (Å²) >= 11 is 0. The number of carbonyl (C=O) groups excluding carboxylic acids is 3. The highest BCUT2D eigenvalue weighted by molar-refractivity contribution is 6.03. The third-order valence-electron chi connectivity index (χ3n) is 5.75. The molecule has 0 spiro atoms. The van der Waals surface area contributed by atoms with Crippen molar-refractivity contribution in [3.05, 3.63) is 22.5 Å². The molecule has 2 saturated heterocycles. The molecule has 0 bridgehead atoms. The van der Waals surface area contributed by atoms with Crippen molar-refractivity contribution >= 4 is 17.7 Å². The van der Waals surface area contributed by atoms with E-state index in [1.165, 1.54) is 0 Å². The summed E-state index contributed by atoms with van der Waals surface area (Å²) in [7, 11) is 0. The van der Waals surface area contributed by atoms with E-state index in [0.717, 1.165) is 13.1 Å². The van der Waals surface area contributed by atoms with Gasteiger partial charge >= 0.3 is 5.97 Å². The lowest BCUT2D eigenvalue weighted by Gasteiger charge is -2.36. The summed E-state index contributed by atoms with van der Waals surface area (Å²) < 4.78 is 10.4. The van der Waals surface area contributed by atoms with E-state index in [-0.39, 0.29) is 24.8 Å². The molecule has 1 aromatic heterocycles. The van der Waals surface area contributed by atoms with Gasteiger partial charge in [0.1, 0.15) is 5.69 Å². The largest absolute Gasteiger partial charge is 0.461 e. The van der Waals surface area contributed by atoms with Crippen LogP contribution in [-0.2, 0) is 14.3 Å². The summed E-state index contributed by atoms with van der Waals surface area (Å²) in [5.41, 5.74) is 2.22. The zero-order valence-corrected chi connectivity index (χ0v) is 18.2. The summed E-state index contributed by atoms with van der Waals surface area (Å²) in [5.74, 6) is -0.325. The first kappa shape index (κ1) is 22.5. The highest BCUT2D eigenvalue weighted by Gasteiger charge is 2.27. The topological polar surface area (TPSA) is 95.2 Å². The van der Waals surface area contributed by atoms with Crippen molar-refractivity contribution in [3.63, 3.8) is 0 Å². The van der Waals surface area contributed by atoms with Gasteiger partial charge in [-0.25, -0.2) is 4.79 Å². The number of Topliss-reactive ketones (excluding diaryl/α,β-unsaturated/α-hetero) is 1. The Kier molecular flexibility index (Phi) is 7.63. The summed E-state index contributed by atoms with van der Waals surface area (Å²) in [6, 6.07) is 0. The maximum Gasteiger partial charge on any atom is 0.355 e. The lowest BCUT2D eigenvalue weighted by atomic mass is 10.0. The Hall–Kier alpha value is -2.23. The third kappa shape index (κ3) is 5.27. The number of esters is 1. The van der Waals surface area contributed by atoms with Crippen LogP contribution in [0.2, 0.25) is 0 Å². The van der Waals surface area contributed by atoms with Crippen LogP contribution in [0.5, 0.6) is 0 Å². The molecular weight excluding hydrogens is 388 g/mol. The molecule has 1 aromatic rings. The Bertz CT molecular complexity index is 777. The van der Waals surface area contributed by atoms with E-state index >= 15 is 0 Å². The number of ether oxygens (including phenoxy) is 2. The molecule has 0 aliphatic carbocycles. The smallest absolute Gasteiger partial charge is 0.355 e. The van der Waals surface area contributed by atoms with E-state index in [1.807, 2.05) is 4.90 Å². The first-order valence-corrected chi connectivity index (χ1v) is 10.6. The summed E-state index contributed by atoms with van der Waals surface area (Å²) in [4.78, 5) is 46.6. The number of amides is 1. The Morgan fingerprint density at radius 3 is 2.23 bits per heavy atom. The van der Waals surface area contributed by atoms with E-state index in [0.29, 0.717) is 68.5 Å². The molecule has 0 saturated carbocycles. The normalized spacial score (nSPS) is 18.4. The number of nitrogens with one attached hydrogen (secondary N) is 1. The second-order valence-corrected chi connectivity index (χ2v) is 7.81. The van der Waals surface area contributed by atoms with Crippen molar-refractivity contribution in [3.8, 4) is 0 Å². The van der Waals surface area contributed by atoms with Gasteiger partial charge in [-0.2, -0.15) is 0 Å².